The van der Waals surface area contributed by atoms with Gasteiger partial charge in [0, 0.05) is 13.1 Å². The van der Waals surface area contributed by atoms with E-state index in [1.54, 1.807) is 17.9 Å². The van der Waals surface area contributed by atoms with E-state index in [2.05, 4.69) is 15.6 Å². The molecule has 1 unspecified atom stereocenters. The third kappa shape index (κ3) is 3.14. The van der Waals surface area contributed by atoms with E-state index in [1.165, 1.54) is 12.1 Å². The zero-order chi connectivity index (χ0) is 13.8. The molecule has 0 amide bonds. The Bertz CT molecular complexity index is 533. The molecule has 0 aliphatic rings. The minimum atomic E-state index is -0.589. The molecule has 1 heterocycles. The molecule has 4 nitrogen and oxygen atoms in total. The van der Waals surface area contributed by atoms with Gasteiger partial charge in [-0.3, -0.25) is 4.68 Å². The van der Waals surface area contributed by atoms with Crippen molar-refractivity contribution in [3.63, 3.8) is 0 Å². The normalized spacial score (nSPS) is 12.6. The van der Waals surface area contributed by atoms with Crippen LogP contribution in [0.4, 0.5) is 8.78 Å². The molecule has 1 aromatic carbocycles. The predicted octanol–water partition coefficient (Wildman–Crippen LogP) is 2.18. The highest BCUT2D eigenvalue weighted by Crippen LogP contribution is 2.22. The molecule has 0 saturated heterocycles. The molecule has 0 radical (unpaired) electrons. The molecule has 0 fully saturated rings. The summed E-state index contributed by atoms with van der Waals surface area (Å²) in [6.07, 6.45) is 2.51. The number of benzene rings is 1. The maximum atomic E-state index is 13.3. The molecule has 0 aliphatic heterocycles. The molecular formula is C13H16F2N4. The van der Waals surface area contributed by atoms with Crippen LogP contribution < -0.4 is 5.32 Å². The standard InChI is InChI=1S/C13H16F2N4/c1-3-4-16-13(12-8-17-18-19(12)2)9-5-10(14)7-11(15)6-9/h5-8,13,16H,3-4H2,1-2H3. The van der Waals surface area contributed by atoms with Crippen molar-refractivity contribution in [2.24, 2.45) is 7.05 Å². The highest BCUT2D eigenvalue weighted by Gasteiger charge is 2.18. The molecule has 1 aromatic heterocycles. The van der Waals surface area contributed by atoms with Gasteiger partial charge >= 0.3 is 0 Å². The Balaban J connectivity index is 2.39. The summed E-state index contributed by atoms with van der Waals surface area (Å²) < 4.78 is 28.3. The van der Waals surface area contributed by atoms with E-state index in [0.29, 0.717) is 5.56 Å². The van der Waals surface area contributed by atoms with Crippen molar-refractivity contribution in [1.82, 2.24) is 20.3 Å². The monoisotopic (exact) mass is 266 g/mol. The molecule has 2 aromatic rings. The van der Waals surface area contributed by atoms with Crippen molar-refractivity contribution in [2.45, 2.75) is 19.4 Å². The minimum absolute atomic E-state index is 0.329. The van der Waals surface area contributed by atoms with Gasteiger partial charge in [-0.1, -0.05) is 12.1 Å². The van der Waals surface area contributed by atoms with Crippen LogP contribution in [-0.2, 0) is 7.05 Å². The topological polar surface area (TPSA) is 42.7 Å². The second-order valence-corrected chi connectivity index (χ2v) is 4.37. The molecule has 19 heavy (non-hydrogen) atoms. The SMILES string of the molecule is CCCNC(c1cc(F)cc(F)c1)c1cnnn1C. The molecule has 0 bridgehead atoms. The average Bonchev–Trinajstić information content (AvgIpc) is 2.75. The lowest BCUT2D eigenvalue weighted by atomic mass is 10.0. The van der Waals surface area contributed by atoms with Crippen LogP contribution in [0.2, 0.25) is 0 Å². The molecule has 2 rings (SSSR count). The van der Waals surface area contributed by atoms with Crippen LogP contribution in [0.25, 0.3) is 0 Å². The summed E-state index contributed by atoms with van der Waals surface area (Å²) in [6, 6.07) is 3.18. The van der Waals surface area contributed by atoms with Gasteiger partial charge in [0.1, 0.15) is 11.6 Å². The summed E-state index contributed by atoms with van der Waals surface area (Å²) in [7, 11) is 1.75. The van der Waals surface area contributed by atoms with Gasteiger partial charge in [-0.25, -0.2) is 8.78 Å². The van der Waals surface area contributed by atoms with Gasteiger partial charge in [0.25, 0.3) is 0 Å². The first-order chi connectivity index (χ1) is 9.11. The summed E-state index contributed by atoms with van der Waals surface area (Å²) in [5.41, 5.74) is 1.29. The van der Waals surface area contributed by atoms with E-state index in [9.17, 15) is 8.78 Å². The lowest BCUT2D eigenvalue weighted by Crippen LogP contribution is -2.25. The van der Waals surface area contributed by atoms with Crippen LogP contribution in [0.3, 0.4) is 0 Å². The van der Waals surface area contributed by atoms with Crippen molar-refractivity contribution >= 4 is 0 Å². The fourth-order valence-corrected chi connectivity index (χ4v) is 1.98. The molecule has 0 saturated carbocycles. The summed E-state index contributed by atoms with van der Waals surface area (Å²) in [5, 5.41) is 10.9. The van der Waals surface area contributed by atoms with Gasteiger partial charge in [-0.05, 0) is 30.7 Å². The molecule has 0 spiro atoms. The lowest BCUT2D eigenvalue weighted by molar-refractivity contribution is 0.534. The van der Waals surface area contributed by atoms with E-state index in [0.717, 1.165) is 24.7 Å². The van der Waals surface area contributed by atoms with E-state index >= 15 is 0 Å². The van der Waals surface area contributed by atoms with Crippen molar-refractivity contribution < 1.29 is 8.78 Å². The summed E-state index contributed by atoms with van der Waals surface area (Å²) in [6.45, 7) is 2.76. The lowest BCUT2D eigenvalue weighted by Gasteiger charge is -2.18. The Morgan fingerprint density at radius 3 is 2.47 bits per heavy atom. The van der Waals surface area contributed by atoms with E-state index in [-0.39, 0.29) is 6.04 Å². The molecular weight excluding hydrogens is 250 g/mol. The summed E-state index contributed by atoms with van der Waals surface area (Å²) in [5.74, 6) is -1.18. The molecule has 1 N–H and O–H groups in total. The smallest absolute Gasteiger partial charge is 0.126 e. The van der Waals surface area contributed by atoms with Crippen molar-refractivity contribution in [1.29, 1.82) is 0 Å². The third-order valence-electron chi connectivity index (χ3n) is 2.86. The average molecular weight is 266 g/mol. The van der Waals surface area contributed by atoms with Crippen LogP contribution in [0.15, 0.2) is 24.4 Å². The Hall–Kier alpha value is -1.82. The quantitative estimate of drug-likeness (QED) is 0.902. The van der Waals surface area contributed by atoms with Gasteiger partial charge in [0.05, 0.1) is 17.9 Å². The second-order valence-electron chi connectivity index (χ2n) is 4.37. The van der Waals surface area contributed by atoms with E-state index in [4.69, 9.17) is 0 Å². The van der Waals surface area contributed by atoms with Gasteiger partial charge < -0.3 is 5.32 Å². The summed E-state index contributed by atoms with van der Waals surface area (Å²) in [4.78, 5) is 0. The molecule has 102 valence electrons. The van der Waals surface area contributed by atoms with E-state index < -0.39 is 11.6 Å². The van der Waals surface area contributed by atoms with Crippen LogP contribution in [0.1, 0.15) is 30.6 Å². The van der Waals surface area contributed by atoms with Crippen LogP contribution in [-0.4, -0.2) is 21.5 Å². The number of aryl methyl sites for hydroxylation is 1. The highest BCUT2D eigenvalue weighted by molar-refractivity contribution is 5.28. The first-order valence-electron chi connectivity index (χ1n) is 6.15. The fourth-order valence-electron chi connectivity index (χ4n) is 1.98. The second kappa shape index (κ2) is 5.88. The predicted molar refractivity (Wildman–Crippen MR) is 67.5 cm³/mol. The van der Waals surface area contributed by atoms with Crippen LogP contribution >= 0.6 is 0 Å². The summed E-state index contributed by atoms with van der Waals surface area (Å²) >= 11 is 0. The highest BCUT2D eigenvalue weighted by atomic mass is 19.1. The van der Waals surface area contributed by atoms with E-state index in [1.807, 2.05) is 6.92 Å². The van der Waals surface area contributed by atoms with Gasteiger partial charge in [-0.2, -0.15) is 0 Å². The number of hydrogen-bond donors (Lipinski definition) is 1. The van der Waals surface area contributed by atoms with Crippen LogP contribution in [0.5, 0.6) is 0 Å². The maximum Gasteiger partial charge on any atom is 0.126 e. The number of hydrogen-bond acceptors (Lipinski definition) is 3. The number of aromatic nitrogens is 3. The van der Waals surface area contributed by atoms with Gasteiger partial charge in [-0.15, -0.1) is 5.10 Å². The number of nitrogens with zero attached hydrogens (tertiary/aromatic N) is 3. The van der Waals surface area contributed by atoms with Crippen molar-refractivity contribution in [2.75, 3.05) is 6.54 Å². The van der Waals surface area contributed by atoms with Gasteiger partial charge in [0.2, 0.25) is 0 Å². The molecule has 0 aliphatic carbocycles. The Morgan fingerprint density at radius 2 is 1.95 bits per heavy atom. The first-order valence-corrected chi connectivity index (χ1v) is 6.15. The minimum Gasteiger partial charge on any atom is -0.305 e. The van der Waals surface area contributed by atoms with Crippen molar-refractivity contribution in [3.8, 4) is 0 Å². The van der Waals surface area contributed by atoms with Gasteiger partial charge in [0.15, 0.2) is 0 Å². The fraction of sp³-hybridized carbons (Fsp3) is 0.385. The molecule has 1 atom stereocenters. The Morgan fingerprint density at radius 1 is 1.26 bits per heavy atom. The Labute approximate surface area is 110 Å². The maximum absolute atomic E-state index is 13.3. The number of rotatable bonds is 5. The first kappa shape index (κ1) is 13.6. The number of halogens is 2. The third-order valence-corrected chi connectivity index (χ3v) is 2.86. The molecule has 6 heteroatoms. The number of nitrogens with one attached hydrogen (secondary N) is 1. The zero-order valence-corrected chi connectivity index (χ0v) is 10.9. The van der Waals surface area contributed by atoms with Crippen molar-refractivity contribution in [3.05, 3.63) is 47.3 Å². The largest absolute Gasteiger partial charge is 0.305 e. The van der Waals surface area contributed by atoms with Crippen LogP contribution in [0, 0.1) is 11.6 Å². The zero-order valence-electron chi connectivity index (χ0n) is 10.9. The Kier molecular flexibility index (Phi) is 4.21.